The molecule has 0 spiro atoms. The number of nitrogens with zero attached hydrogens (tertiary/aromatic N) is 1. The average molecular weight is 324 g/mol. The zero-order valence-corrected chi connectivity index (χ0v) is 11.1. The van der Waals surface area contributed by atoms with Crippen LogP contribution in [0.2, 0.25) is 0 Å². The molecule has 0 saturated carbocycles. The van der Waals surface area contributed by atoms with E-state index in [1.54, 1.807) is 0 Å². The fraction of sp³-hybridized carbons (Fsp3) is 0.800. The van der Waals surface area contributed by atoms with Crippen LogP contribution in [-0.2, 0) is 14.3 Å². The summed E-state index contributed by atoms with van der Waals surface area (Å²) < 4.78 is 78.9. The summed E-state index contributed by atoms with van der Waals surface area (Å²) >= 11 is 0. The minimum atomic E-state index is -5.24. The predicted octanol–water partition coefficient (Wildman–Crippen LogP) is 1.22. The normalized spacial score (nSPS) is 15.3. The van der Waals surface area contributed by atoms with E-state index in [0.29, 0.717) is 0 Å². The number of hydrogen-bond donors (Lipinski definition) is 1. The number of methoxy groups -OCH3 is 1. The summed E-state index contributed by atoms with van der Waals surface area (Å²) in [7, 11) is 0.945. The summed E-state index contributed by atoms with van der Waals surface area (Å²) in [5, 5.41) is 0. The molecular weight excluding hydrogens is 310 g/mol. The number of nitrogens with two attached hydrogens (primary N) is 1. The third-order valence-electron chi connectivity index (χ3n) is 2.50. The van der Waals surface area contributed by atoms with Gasteiger partial charge in [0.1, 0.15) is 6.54 Å². The van der Waals surface area contributed by atoms with Gasteiger partial charge in [-0.2, -0.15) is 26.3 Å². The van der Waals surface area contributed by atoms with Gasteiger partial charge in [0.2, 0.25) is 0 Å². The molecule has 124 valence electrons. The van der Waals surface area contributed by atoms with Crippen molar-refractivity contribution < 1.29 is 40.7 Å². The van der Waals surface area contributed by atoms with Crippen LogP contribution < -0.4 is 5.73 Å². The van der Waals surface area contributed by atoms with E-state index in [1.807, 2.05) is 0 Å². The molecule has 0 saturated heterocycles. The van der Waals surface area contributed by atoms with Gasteiger partial charge in [-0.3, -0.25) is 9.59 Å². The summed E-state index contributed by atoms with van der Waals surface area (Å²) in [5.41, 5.74) is 1.30. The summed E-state index contributed by atoms with van der Waals surface area (Å²) in [6.45, 7) is -2.59. The van der Waals surface area contributed by atoms with Crippen molar-refractivity contribution in [3.8, 4) is 0 Å². The Bertz CT molecular complexity index is 391. The van der Waals surface area contributed by atoms with Crippen LogP contribution in [0.3, 0.4) is 0 Å². The van der Waals surface area contributed by atoms with Gasteiger partial charge in [0.25, 0.3) is 5.91 Å². The molecule has 0 aliphatic heterocycles. The van der Waals surface area contributed by atoms with Gasteiger partial charge in [-0.05, 0) is 6.92 Å². The van der Waals surface area contributed by atoms with E-state index in [9.17, 15) is 35.9 Å². The van der Waals surface area contributed by atoms with E-state index in [-0.39, 0.29) is 11.8 Å². The second-order valence-corrected chi connectivity index (χ2v) is 4.37. The first kappa shape index (κ1) is 19.5. The van der Waals surface area contributed by atoms with E-state index in [2.05, 4.69) is 4.74 Å². The van der Waals surface area contributed by atoms with E-state index in [1.165, 1.54) is 0 Å². The third kappa shape index (κ3) is 5.78. The average Bonchev–Trinajstić information content (AvgIpc) is 2.30. The van der Waals surface area contributed by atoms with Crippen molar-refractivity contribution in [1.29, 1.82) is 0 Å². The van der Waals surface area contributed by atoms with Crippen LogP contribution in [0, 0.1) is 0 Å². The Kier molecular flexibility index (Phi) is 6.03. The number of carbonyl (C=O) groups is 2. The number of amides is 1. The summed E-state index contributed by atoms with van der Waals surface area (Å²) in [5.74, 6) is -2.95. The van der Waals surface area contributed by atoms with Gasteiger partial charge in [-0.1, -0.05) is 0 Å². The van der Waals surface area contributed by atoms with E-state index >= 15 is 0 Å². The molecule has 11 heteroatoms. The Balaban J connectivity index is 5.20. The highest BCUT2D eigenvalue weighted by Gasteiger charge is 2.56. The molecule has 2 N–H and O–H groups in total. The van der Waals surface area contributed by atoms with Gasteiger partial charge in [0.05, 0.1) is 13.5 Å². The fourth-order valence-electron chi connectivity index (χ4n) is 1.25. The third-order valence-corrected chi connectivity index (χ3v) is 2.50. The Labute approximate surface area is 116 Å². The van der Waals surface area contributed by atoms with E-state index in [0.717, 1.165) is 7.11 Å². The lowest BCUT2D eigenvalue weighted by molar-refractivity contribution is -0.201. The van der Waals surface area contributed by atoms with Gasteiger partial charge in [0.15, 0.2) is 5.54 Å². The monoisotopic (exact) mass is 324 g/mol. The standard InChI is InChI=1S/C10H14F6N2O3/c1-8(17,10(14,15)16)7(20)18(5-9(11,12)13)4-3-6(19)21-2/h3-5,17H2,1-2H3. The first-order chi connectivity index (χ1) is 9.22. The molecule has 0 radical (unpaired) electrons. The summed E-state index contributed by atoms with van der Waals surface area (Å²) in [4.78, 5) is 22.3. The number of hydrogen-bond acceptors (Lipinski definition) is 4. The maximum atomic E-state index is 12.6. The fourth-order valence-corrected chi connectivity index (χ4v) is 1.25. The topological polar surface area (TPSA) is 72.6 Å². The number of esters is 1. The largest absolute Gasteiger partial charge is 0.469 e. The summed E-state index contributed by atoms with van der Waals surface area (Å²) in [6, 6.07) is 0. The minimum absolute atomic E-state index is 0.162. The van der Waals surface area contributed by atoms with Crippen molar-refractivity contribution in [1.82, 2.24) is 4.90 Å². The van der Waals surface area contributed by atoms with Gasteiger partial charge in [-0.25, -0.2) is 0 Å². The van der Waals surface area contributed by atoms with Gasteiger partial charge in [-0.15, -0.1) is 0 Å². The molecule has 0 aliphatic rings. The first-order valence-corrected chi connectivity index (χ1v) is 5.51. The predicted molar refractivity (Wildman–Crippen MR) is 57.9 cm³/mol. The Hall–Kier alpha value is -1.52. The Morgan fingerprint density at radius 3 is 1.95 bits per heavy atom. The van der Waals surface area contributed by atoms with Crippen LogP contribution in [0.1, 0.15) is 13.3 Å². The smallest absolute Gasteiger partial charge is 0.415 e. The van der Waals surface area contributed by atoms with Crippen LogP contribution in [0.25, 0.3) is 0 Å². The maximum absolute atomic E-state index is 12.6. The van der Waals surface area contributed by atoms with Crippen LogP contribution in [0.5, 0.6) is 0 Å². The molecule has 21 heavy (non-hydrogen) atoms. The highest BCUT2D eigenvalue weighted by atomic mass is 19.4. The molecule has 0 aromatic carbocycles. The lowest BCUT2D eigenvalue weighted by atomic mass is 10.0. The van der Waals surface area contributed by atoms with E-state index in [4.69, 9.17) is 5.73 Å². The zero-order chi connectivity index (χ0) is 17.1. The van der Waals surface area contributed by atoms with Crippen molar-refractivity contribution in [3.05, 3.63) is 0 Å². The number of ether oxygens (including phenoxy) is 1. The highest BCUT2D eigenvalue weighted by molar-refractivity contribution is 5.87. The Morgan fingerprint density at radius 2 is 1.62 bits per heavy atom. The van der Waals surface area contributed by atoms with Crippen LogP contribution >= 0.6 is 0 Å². The molecule has 1 atom stereocenters. The molecule has 1 amide bonds. The van der Waals surface area contributed by atoms with Crippen molar-refractivity contribution in [2.45, 2.75) is 31.2 Å². The van der Waals surface area contributed by atoms with Gasteiger partial charge < -0.3 is 15.4 Å². The molecule has 0 aliphatic carbocycles. The van der Waals surface area contributed by atoms with Gasteiger partial charge >= 0.3 is 18.3 Å². The second kappa shape index (κ2) is 6.50. The van der Waals surface area contributed by atoms with E-state index < -0.39 is 49.3 Å². The lowest BCUT2D eigenvalue weighted by Crippen LogP contribution is -2.63. The van der Waals surface area contributed by atoms with Crippen LogP contribution in [0.15, 0.2) is 0 Å². The molecule has 0 aromatic rings. The first-order valence-electron chi connectivity index (χ1n) is 5.51. The molecular formula is C10H14F6N2O3. The van der Waals surface area contributed by atoms with Crippen molar-refractivity contribution in [2.75, 3.05) is 20.2 Å². The molecule has 0 bridgehead atoms. The lowest BCUT2D eigenvalue weighted by Gasteiger charge is -2.33. The summed E-state index contributed by atoms with van der Waals surface area (Å²) in [6.07, 6.45) is -10.9. The molecule has 0 heterocycles. The van der Waals surface area contributed by atoms with Crippen molar-refractivity contribution >= 4 is 11.9 Å². The number of halogens is 6. The Morgan fingerprint density at radius 1 is 1.14 bits per heavy atom. The van der Waals surface area contributed by atoms with Gasteiger partial charge in [0, 0.05) is 6.54 Å². The SMILES string of the molecule is COC(=O)CCN(CC(F)(F)F)C(=O)C(C)(N)C(F)(F)F. The minimum Gasteiger partial charge on any atom is -0.469 e. The molecule has 0 rings (SSSR count). The van der Waals surface area contributed by atoms with Crippen LogP contribution in [-0.4, -0.2) is 54.9 Å². The molecule has 0 fully saturated rings. The molecule has 5 nitrogen and oxygen atoms in total. The van der Waals surface area contributed by atoms with Crippen molar-refractivity contribution in [2.24, 2.45) is 5.73 Å². The molecule has 1 unspecified atom stereocenters. The zero-order valence-electron chi connectivity index (χ0n) is 11.1. The molecule has 0 aromatic heterocycles. The number of alkyl halides is 6. The number of rotatable bonds is 5. The second-order valence-electron chi connectivity index (χ2n) is 4.37. The number of carbonyl (C=O) groups excluding carboxylic acids is 2. The van der Waals surface area contributed by atoms with Crippen LogP contribution in [0.4, 0.5) is 26.3 Å². The van der Waals surface area contributed by atoms with Crippen molar-refractivity contribution in [3.63, 3.8) is 0 Å². The quantitative estimate of drug-likeness (QED) is 0.610. The maximum Gasteiger partial charge on any atom is 0.415 e. The highest BCUT2D eigenvalue weighted by Crippen LogP contribution is 2.30.